The fraction of sp³-hybridized carbons (Fsp3) is 0.0769. The third kappa shape index (κ3) is 2.85. The van der Waals surface area contributed by atoms with Crippen molar-refractivity contribution in [1.29, 1.82) is 0 Å². The monoisotopic (exact) mass is 246 g/mol. The Kier molecular flexibility index (Phi) is 3.15. The van der Waals surface area contributed by atoms with Gasteiger partial charge in [-0.1, -0.05) is 24.3 Å². The Labute approximate surface area is 101 Å². The van der Waals surface area contributed by atoms with Crippen LogP contribution in [-0.4, -0.2) is 8.42 Å². The Morgan fingerprint density at radius 2 is 2.00 bits per heavy atom. The molecule has 0 spiro atoms. The van der Waals surface area contributed by atoms with E-state index in [1.165, 1.54) is 0 Å². The zero-order chi connectivity index (χ0) is 12.3. The first-order valence-corrected chi connectivity index (χ1v) is 6.62. The number of benzene rings is 2. The smallest absolute Gasteiger partial charge is 0.261 e. The van der Waals surface area contributed by atoms with Crippen LogP contribution in [0.15, 0.2) is 53.4 Å². The van der Waals surface area contributed by atoms with Crippen LogP contribution in [-0.2, 0) is 10.0 Å². The van der Waals surface area contributed by atoms with Gasteiger partial charge in [0, 0.05) is 5.69 Å². The van der Waals surface area contributed by atoms with E-state index < -0.39 is 10.0 Å². The highest BCUT2D eigenvalue weighted by atomic mass is 32.2. The van der Waals surface area contributed by atoms with Crippen LogP contribution in [0, 0.1) is 13.0 Å². The van der Waals surface area contributed by atoms with Crippen LogP contribution in [0.1, 0.15) is 5.56 Å². The Hall–Kier alpha value is -1.81. The molecule has 4 heteroatoms. The summed E-state index contributed by atoms with van der Waals surface area (Å²) in [5, 5.41) is 0. The molecule has 2 aromatic carbocycles. The molecule has 3 nitrogen and oxygen atoms in total. The molecule has 2 aromatic rings. The van der Waals surface area contributed by atoms with Gasteiger partial charge >= 0.3 is 0 Å². The van der Waals surface area contributed by atoms with Crippen molar-refractivity contribution in [3.8, 4) is 0 Å². The van der Waals surface area contributed by atoms with E-state index in [-0.39, 0.29) is 4.90 Å². The van der Waals surface area contributed by atoms with Crippen molar-refractivity contribution in [2.24, 2.45) is 0 Å². The Bertz CT molecular complexity index is 606. The molecule has 0 unspecified atom stereocenters. The predicted molar refractivity (Wildman–Crippen MR) is 67.3 cm³/mol. The first-order valence-electron chi connectivity index (χ1n) is 5.13. The molecular weight excluding hydrogens is 234 g/mol. The van der Waals surface area contributed by atoms with Crippen LogP contribution in [0.2, 0.25) is 0 Å². The Morgan fingerprint density at radius 3 is 2.65 bits per heavy atom. The maximum atomic E-state index is 12.0. The summed E-state index contributed by atoms with van der Waals surface area (Å²) in [6, 6.07) is 16.3. The van der Waals surface area contributed by atoms with E-state index in [9.17, 15) is 8.42 Å². The lowest BCUT2D eigenvalue weighted by Gasteiger charge is -2.08. The molecule has 17 heavy (non-hydrogen) atoms. The van der Waals surface area contributed by atoms with Crippen LogP contribution in [0.5, 0.6) is 0 Å². The molecule has 0 amide bonds. The highest BCUT2D eigenvalue weighted by molar-refractivity contribution is 7.92. The summed E-state index contributed by atoms with van der Waals surface area (Å²) >= 11 is 0. The minimum Gasteiger partial charge on any atom is -0.280 e. The van der Waals surface area contributed by atoms with E-state index in [4.69, 9.17) is 0 Å². The van der Waals surface area contributed by atoms with E-state index in [2.05, 4.69) is 10.8 Å². The van der Waals surface area contributed by atoms with Gasteiger partial charge in [0.15, 0.2) is 0 Å². The van der Waals surface area contributed by atoms with Crippen LogP contribution < -0.4 is 4.72 Å². The van der Waals surface area contributed by atoms with Gasteiger partial charge in [0.2, 0.25) is 0 Å². The average molecular weight is 246 g/mol. The van der Waals surface area contributed by atoms with Gasteiger partial charge in [-0.05, 0) is 42.8 Å². The summed E-state index contributed by atoms with van der Waals surface area (Å²) in [6.07, 6.45) is 0. The quantitative estimate of drug-likeness (QED) is 0.904. The summed E-state index contributed by atoms with van der Waals surface area (Å²) in [7, 11) is -3.51. The van der Waals surface area contributed by atoms with Crippen molar-refractivity contribution < 1.29 is 8.42 Å². The molecule has 2 rings (SSSR count). The first kappa shape index (κ1) is 11.7. The number of sulfonamides is 1. The molecule has 0 saturated heterocycles. The van der Waals surface area contributed by atoms with Crippen LogP contribution in [0.3, 0.4) is 0 Å². The fourth-order valence-corrected chi connectivity index (χ4v) is 2.61. The molecule has 0 aliphatic heterocycles. The Morgan fingerprint density at radius 1 is 1.18 bits per heavy atom. The highest BCUT2D eigenvalue weighted by Gasteiger charge is 2.13. The van der Waals surface area contributed by atoms with Gasteiger partial charge in [-0.2, -0.15) is 0 Å². The third-order valence-corrected chi connectivity index (χ3v) is 3.64. The van der Waals surface area contributed by atoms with E-state index >= 15 is 0 Å². The van der Waals surface area contributed by atoms with Gasteiger partial charge in [-0.15, -0.1) is 0 Å². The third-order valence-electron chi connectivity index (χ3n) is 2.26. The van der Waals surface area contributed by atoms with Crippen molar-refractivity contribution in [3.05, 3.63) is 60.2 Å². The minimum atomic E-state index is -3.51. The van der Waals surface area contributed by atoms with Gasteiger partial charge < -0.3 is 0 Å². The van der Waals surface area contributed by atoms with E-state index in [1.807, 2.05) is 13.0 Å². The second-order valence-corrected chi connectivity index (χ2v) is 5.40. The topological polar surface area (TPSA) is 46.2 Å². The molecule has 0 saturated carbocycles. The summed E-state index contributed by atoms with van der Waals surface area (Å²) in [5.74, 6) is 0. The first-order chi connectivity index (χ1) is 8.08. The molecule has 0 atom stereocenters. The largest absolute Gasteiger partial charge is 0.280 e. The van der Waals surface area contributed by atoms with Crippen molar-refractivity contribution >= 4 is 15.7 Å². The molecule has 1 N–H and O–H groups in total. The van der Waals surface area contributed by atoms with Crippen LogP contribution in [0.4, 0.5) is 5.69 Å². The SMILES string of the molecule is Cc1cccc(S(=O)(=O)Nc2c[c]ccc2)c1. The van der Waals surface area contributed by atoms with Crippen molar-refractivity contribution in [3.63, 3.8) is 0 Å². The predicted octanol–water partition coefficient (Wildman–Crippen LogP) is 2.60. The van der Waals surface area contributed by atoms with E-state index in [1.54, 1.807) is 42.5 Å². The second-order valence-electron chi connectivity index (χ2n) is 3.71. The van der Waals surface area contributed by atoms with Gasteiger partial charge in [-0.3, -0.25) is 4.72 Å². The number of anilines is 1. The normalized spacial score (nSPS) is 11.1. The molecule has 0 aliphatic carbocycles. The summed E-state index contributed by atoms with van der Waals surface area (Å²) in [5.41, 5.74) is 1.42. The summed E-state index contributed by atoms with van der Waals surface area (Å²) in [6.45, 7) is 1.86. The molecule has 0 aromatic heterocycles. The fourth-order valence-electron chi connectivity index (χ4n) is 1.45. The molecule has 0 heterocycles. The highest BCUT2D eigenvalue weighted by Crippen LogP contribution is 2.16. The zero-order valence-corrected chi connectivity index (χ0v) is 10.2. The standard InChI is InChI=1S/C13H12NO2S/c1-11-6-5-9-13(10-11)17(15,16)14-12-7-3-2-4-8-12/h2-3,5-10,14H,1H3. The van der Waals surface area contributed by atoms with E-state index in [0.717, 1.165) is 5.56 Å². The average Bonchev–Trinajstić information content (AvgIpc) is 2.30. The molecule has 0 aliphatic rings. The maximum absolute atomic E-state index is 12.0. The molecule has 87 valence electrons. The number of hydrogen-bond donors (Lipinski definition) is 1. The van der Waals surface area contributed by atoms with Crippen LogP contribution in [0.25, 0.3) is 0 Å². The lowest BCUT2D eigenvalue weighted by Crippen LogP contribution is -2.12. The summed E-state index contributed by atoms with van der Waals surface area (Å²) < 4.78 is 26.6. The van der Waals surface area contributed by atoms with Gasteiger partial charge in [0.25, 0.3) is 10.0 Å². The van der Waals surface area contributed by atoms with E-state index in [0.29, 0.717) is 5.69 Å². The molecule has 0 fully saturated rings. The van der Waals surface area contributed by atoms with Gasteiger partial charge in [0.05, 0.1) is 4.90 Å². The number of rotatable bonds is 3. The Balaban J connectivity index is 2.32. The maximum Gasteiger partial charge on any atom is 0.261 e. The minimum absolute atomic E-state index is 0.265. The zero-order valence-electron chi connectivity index (χ0n) is 9.34. The van der Waals surface area contributed by atoms with Gasteiger partial charge in [0.1, 0.15) is 0 Å². The number of hydrogen-bond acceptors (Lipinski definition) is 2. The molecule has 0 bridgehead atoms. The number of aryl methyl sites for hydroxylation is 1. The van der Waals surface area contributed by atoms with Crippen LogP contribution >= 0.6 is 0 Å². The van der Waals surface area contributed by atoms with Crippen molar-refractivity contribution in [2.45, 2.75) is 11.8 Å². The molecule has 1 radical (unpaired) electrons. The molecular formula is C13H12NO2S. The van der Waals surface area contributed by atoms with Crippen molar-refractivity contribution in [2.75, 3.05) is 4.72 Å². The second kappa shape index (κ2) is 4.59. The lowest BCUT2D eigenvalue weighted by atomic mass is 10.2. The summed E-state index contributed by atoms with van der Waals surface area (Å²) in [4.78, 5) is 0.265. The van der Waals surface area contributed by atoms with Crippen molar-refractivity contribution in [1.82, 2.24) is 0 Å². The lowest BCUT2D eigenvalue weighted by molar-refractivity contribution is 0.601. The number of nitrogens with one attached hydrogen (secondary N) is 1. The van der Waals surface area contributed by atoms with Gasteiger partial charge in [-0.25, -0.2) is 8.42 Å².